The molecule has 5 nitrogen and oxygen atoms in total. The molecular weight excluding hydrogens is 274 g/mol. The van der Waals surface area contributed by atoms with Crippen LogP contribution in [0.3, 0.4) is 0 Å². The maximum atomic E-state index is 9.33. The third kappa shape index (κ3) is 3.75. The van der Waals surface area contributed by atoms with Gasteiger partial charge in [0.1, 0.15) is 0 Å². The molecule has 0 saturated heterocycles. The van der Waals surface area contributed by atoms with Gasteiger partial charge in [0.15, 0.2) is 5.13 Å². The number of aromatic nitrogens is 2. The van der Waals surface area contributed by atoms with Crippen LogP contribution < -0.4 is 4.90 Å². The van der Waals surface area contributed by atoms with Gasteiger partial charge in [0.2, 0.25) is 0 Å². The molecule has 0 aromatic carbocycles. The standard InChI is InChI=1S/C14H19N3O2S/c1-17(8-6-11-5-3-4-7-15-11)14-16-12(10-19-2)13(9-18)20-14/h3-5,7,18H,6,8-10H2,1-2H3. The van der Waals surface area contributed by atoms with E-state index < -0.39 is 0 Å². The summed E-state index contributed by atoms with van der Waals surface area (Å²) in [5, 5.41) is 10.2. The number of rotatable bonds is 7. The van der Waals surface area contributed by atoms with E-state index in [2.05, 4.69) is 14.9 Å². The minimum atomic E-state index is 0.00441. The molecule has 0 aliphatic rings. The maximum Gasteiger partial charge on any atom is 0.185 e. The SMILES string of the molecule is COCc1nc(N(C)CCc2ccccn2)sc1CO. The summed E-state index contributed by atoms with van der Waals surface area (Å²) in [6.45, 7) is 1.27. The van der Waals surface area contributed by atoms with Crippen LogP contribution in [0.5, 0.6) is 0 Å². The quantitative estimate of drug-likeness (QED) is 0.844. The summed E-state index contributed by atoms with van der Waals surface area (Å²) >= 11 is 1.51. The molecule has 0 amide bonds. The molecule has 0 spiro atoms. The molecule has 0 bridgehead atoms. The minimum Gasteiger partial charge on any atom is -0.391 e. The lowest BCUT2D eigenvalue weighted by atomic mass is 10.2. The Labute approximate surface area is 122 Å². The summed E-state index contributed by atoms with van der Waals surface area (Å²) in [5.74, 6) is 0. The van der Waals surface area contributed by atoms with Crippen molar-refractivity contribution in [3.05, 3.63) is 40.7 Å². The Morgan fingerprint density at radius 2 is 2.25 bits per heavy atom. The Morgan fingerprint density at radius 1 is 1.40 bits per heavy atom. The maximum absolute atomic E-state index is 9.33. The number of hydrogen-bond donors (Lipinski definition) is 1. The second-order valence-electron chi connectivity index (χ2n) is 4.45. The normalized spacial score (nSPS) is 10.8. The second kappa shape index (κ2) is 7.33. The fraction of sp³-hybridized carbons (Fsp3) is 0.429. The average Bonchev–Trinajstić information content (AvgIpc) is 2.89. The van der Waals surface area contributed by atoms with E-state index in [1.165, 1.54) is 11.3 Å². The first-order chi connectivity index (χ1) is 9.74. The van der Waals surface area contributed by atoms with E-state index >= 15 is 0 Å². The lowest BCUT2D eigenvalue weighted by Gasteiger charge is -2.15. The molecule has 0 aliphatic heterocycles. The van der Waals surface area contributed by atoms with Crippen molar-refractivity contribution in [3.8, 4) is 0 Å². The van der Waals surface area contributed by atoms with Gasteiger partial charge in [-0.3, -0.25) is 4.98 Å². The number of pyridine rings is 1. The number of methoxy groups -OCH3 is 1. The predicted octanol–water partition coefficient (Wildman–Crippen LogP) is 1.86. The van der Waals surface area contributed by atoms with Gasteiger partial charge in [0, 0.05) is 39.0 Å². The van der Waals surface area contributed by atoms with E-state index in [-0.39, 0.29) is 6.61 Å². The van der Waals surface area contributed by atoms with Gasteiger partial charge in [-0.05, 0) is 12.1 Å². The van der Waals surface area contributed by atoms with Crippen LogP contribution in [-0.2, 0) is 24.4 Å². The van der Waals surface area contributed by atoms with Gasteiger partial charge in [0.25, 0.3) is 0 Å². The summed E-state index contributed by atoms with van der Waals surface area (Å²) < 4.78 is 5.10. The number of thiazole rings is 1. The zero-order valence-corrected chi connectivity index (χ0v) is 12.6. The number of anilines is 1. The van der Waals surface area contributed by atoms with Crippen LogP contribution in [0.15, 0.2) is 24.4 Å². The molecule has 0 saturated carbocycles. The monoisotopic (exact) mass is 293 g/mol. The zero-order chi connectivity index (χ0) is 14.4. The van der Waals surface area contributed by atoms with Gasteiger partial charge in [0.05, 0.1) is 23.8 Å². The summed E-state index contributed by atoms with van der Waals surface area (Å²) in [6, 6.07) is 5.93. The number of aliphatic hydroxyl groups excluding tert-OH is 1. The van der Waals surface area contributed by atoms with Crippen LogP contribution in [0.4, 0.5) is 5.13 Å². The molecule has 0 atom stereocenters. The summed E-state index contributed by atoms with van der Waals surface area (Å²) in [4.78, 5) is 11.8. The Hall–Kier alpha value is -1.50. The topological polar surface area (TPSA) is 58.5 Å². The van der Waals surface area contributed by atoms with Gasteiger partial charge in [-0.15, -0.1) is 0 Å². The Morgan fingerprint density at radius 3 is 2.90 bits per heavy atom. The zero-order valence-electron chi connectivity index (χ0n) is 11.7. The van der Waals surface area contributed by atoms with Crippen LogP contribution in [0.25, 0.3) is 0 Å². The minimum absolute atomic E-state index is 0.00441. The summed E-state index contributed by atoms with van der Waals surface area (Å²) in [5.41, 5.74) is 1.88. The number of nitrogens with zero attached hydrogens (tertiary/aromatic N) is 3. The van der Waals surface area contributed by atoms with E-state index in [0.717, 1.165) is 34.4 Å². The van der Waals surface area contributed by atoms with Gasteiger partial charge in [-0.25, -0.2) is 4.98 Å². The van der Waals surface area contributed by atoms with Crippen molar-refractivity contribution < 1.29 is 9.84 Å². The number of aliphatic hydroxyl groups is 1. The Balaban J connectivity index is 2.00. The fourth-order valence-corrected chi connectivity index (χ4v) is 2.74. The highest BCUT2D eigenvalue weighted by Gasteiger charge is 2.13. The summed E-state index contributed by atoms with van der Waals surface area (Å²) in [6.07, 6.45) is 2.67. The Bertz CT molecular complexity index is 530. The molecule has 6 heteroatoms. The van der Waals surface area contributed by atoms with Crippen molar-refractivity contribution in [1.29, 1.82) is 0 Å². The van der Waals surface area contributed by atoms with Gasteiger partial charge >= 0.3 is 0 Å². The molecule has 2 aromatic rings. The molecule has 0 unspecified atom stereocenters. The van der Waals surface area contributed by atoms with Crippen molar-refractivity contribution in [2.45, 2.75) is 19.6 Å². The van der Waals surface area contributed by atoms with Crippen molar-refractivity contribution in [3.63, 3.8) is 0 Å². The van der Waals surface area contributed by atoms with E-state index in [1.54, 1.807) is 13.3 Å². The highest BCUT2D eigenvalue weighted by molar-refractivity contribution is 7.15. The molecule has 108 valence electrons. The van der Waals surface area contributed by atoms with Crippen LogP contribution in [0, 0.1) is 0 Å². The fourth-order valence-electron chi connectivity index (χ4n) is 1.83. The van der Waals surface area contributed by atoms with Crippen molar-refractivity contribution in [1.82, 2.24) is 9.97 Å². The Kier molecular flexibility index (Phi) is 5.46. The first-order valence-corrected chi connectivity index (χ1v) is 7.25. The predicted molar refractivity (Wildman–Crippen MR) is 80.0 cm³/mol. The molecule has 1 N–H and O–H groups in total. The lowest BCUT2D eigenvalue weighted by Crippen LogP contribution is -2.20. The number of ether oxygens (including phenoxy) is 1. The van der Waals surface area contributed by atoms with Gasteiger partial charge < -0.3 is 14.7 Å². The van der Waals surface area contributed by atoms with Crippen LogP contribution in [0.1, 0.15) is 16.3 Å². The first kappa shape index (κ1) is 14.9. The molecular formula is C14H19N3O2S. The first-order valence-electron chi connectivity index (χ1n) is 6.44. The van der Waals surface area contributed by atoms with Crippen molar-refractivity contribution >= 4 is 16.5 Å². The third-order valence-corrected chi connectivity index (χ3v) is 4.14. The van der Waals surface area contributed by atoms with Crippen molar-refractivity contribution in [2.24, 2.45) is 0 Å². The second-order valence-corrected chi connectivity index (χ2v) is 5.51. The number of hydrogen-bond acceptors (Lipinski definition) is 6. The lowest BCUT2D eigenvalue weighted by molar-refractivity contribution is 0.179. The van der Waals surface area contributed by atoms with Crippen molar-refractivity contribution in [2.75, 3.05) is 25.6 Å². The van der Waals surface area contributed by atoms with E-state index in [0.29, 0.717) is 6.61 Å². The highest BCUT2D eigenvalue weighted by Crippen LogP contribution is 2.26. The molecule has 2 aromatic heterocycles. The van der Waals surface area contributed by atoms with E-state index in [9.17, 15) is 5.11 Å². The third-order valence-electron chi connectivity index (χ3n) is 2.95. The smallest absolute Gasteiger partial charge is 0.185 e. The average molecular weight is 293 g/mol. The molecule has 2 rings (SSSR count). The van der Waals surface area contributed by atoms with Crippen LogP contribution >= 0.6 is 11.3 Å². The van der Waals surface area contributed by atoms with Crippen LogP contribution in [-0.4, -0.2) is 35.8 Å². The molecule has 0 fully saturated rings. The van der Waals surface area contributed by atoms with E-state index in [4.69, 9.17) is 4.74 Å². The molecule has 0 aliphatic carbocycles. The van der Waals surface area contributed by atoms with E-state index in [1.807, 2.05) is 25.2 Å². The molecule has 20 heavy (non-hydrogen) atoms. The number of likely N-dealkylation sites (N-methyl/N-ethyl adjacent to an activating group) is 1. The van der Waals surface area contributed by atoms with Crippen LogP contribution in [0.2, 0.25) is 0 Å². The van der Waals surface area contributed by atoms with Gasteiger partial charge in [-0.1, -0.05) is 17.4 Å². The van der Waals surface area contributed by atoms with Gasteiger partial charge in [-0.2, -0.15) is 0 Å². The largest absolute Gasteiger partial charge is 0.391 e. The molecule has 0 radical (unpaired) electrons. The summed E-state index contributed by atoms with van der Waals surface area (Å²) in [7, 11) is 3.63. The molecule has 2 heterocycles. The highest BCUT2D eigenvalue weighted by atomic mass is 32.1.